The molecule has 1 aliphatic rings. The SMILES string of the molecule is CC(C)(C)NC(=O)C(=O)[C@H](C[C@@H]1CCCNC1=O)NC(=O)[C@@H](CC(=O)c1cc2ccc(F)cc2[nH]1)Cc1ccccc1. The highest BCUT2D eigenvalue weighted by Crippen LogP contribution is 2.23. The predicted molar refractivity (Wildman–Crippen MR) is 156 cm³/mol. The first kappa shape index (κ1) is 30.6. The molecule has 3 atom stereocenters. The van der Waals surface area contributed by atoms with E-state index in [1.807, 2.05) is 30.3 Å². The van der Waals surface area contributed by atoms with Crippen LogP contribution in [-0.4, -0.2) is 52.4 Å². The van der Waals surface area contributed by atoms with Gasteiger partial charge in [0.25, 0.3) is 5.91 Å². The van der Waals surface area contributed by atoms with Crippen molar-refractivity contribution in [2.24, 2.45) is 11.8 Å². The monoisotopic (exact) mass is 576 g/mol. The van der Waals surface area contributed by atoms with Crippen molar-refractivity contribution in [1.29, 1.82) is 0 Å². The van der Waals surface area contributed by atoms with E-state index in [0.717, 1.165) is 12.0 Å². The molecule has 222 valence electrons. The van der Waals surface area contributed by atoms with Crippen molar-refractivity contribution in [2.75, 3.05) is 6.54 Å². The number of amides is 3. The number of aromatic nitrogens is 1. The minimum atomic E-state index is -1.25. The topological polar surface area (TPSA) is 137 Å². The lowest BCUT2D eigenvalue weighted by Crippen LogP contribution is -2.54. The third-order valence-electron chi connectivity index (χ3n) is 7.28. The molecule has 0 radical (unpaired) electrons. The van der Waals surface area contributed by atoms with Gasteiger partial charge >= 0.3 is 0 Å². The Hall–Kier alpha value is -4.34. The number of hydrogen-bond donors (Lipinski definition) is 4. The minimum absolute atomic E-state index is 0.0342. The Labute approximate surface area is 244 Å². The second-order valence-electron chi connectivity index (χ2n) is 11.9. The first-order valence-electron chi connectivity index (χ1n) is 14.2. The van der Waals surface area contributed by atoms with E-state index in [2.05, 4.69) is 20.9 Å². The summed E-state index contributed by atoms with van der Waals surface area (Å²) in [6, 6.07) is 13.7. The molecule has 42 heavy (non-hydrogen) atoms. The molecule has 0 spiro atoms. The molecule has 2 heterocycles. The van der Waals surface area contributed by atoms with Gasteiger partial charge in [-0.25, -0.2) is 4.39 Å². The van der Waals surface area contributed by atoms with Crippen molar-refractivity contribution in [3.05, 3.63) is 71.7 Å². The van der Waals surface area contributed by atoms with E-state index in [1.54, 1.807) is 32.9 Å². The van der Waals surface area contributed by atoms with Gasteiger partial charge in [0.2, 0.25) is 17.6 Å². The van der Waals surface area contributed by atoms with Gasteiger partial charge in [-0.1, -0.05) is 30.3 Å². The predicted octanol–water partition coefficient (Wildman–Crippen LogP) is 3.62. The van der Waals surface area contributed by atoms with Gasteiger partial charge < -0.3 is 20.9 Å². The standard InChI is InChI=1S/C32H37FN4O5/c1-32(2,3)37-31(42)28(39)26(16-21-10-7-13-34-29(21)40)36-30(41)22(14-19-8-5-4-6-9-19)17-27(38)25-15-20-11-12-23(33)18-24(20)35-25/h4-6,8-9,11-12,15,18,21-22,26,35H,7,10,13-14,16-17H2,1-3H3,(H,34,40)(H,36,41)(H,37,42)/t21-,22+,26-/m0/s1. The Balaban J connectivity index is 1.58. The maximum atomic E-state index is 13.8. The molecular weight excluding hydrogens is 539 g/mol. The molecule has 0 saturated carbocycles. The lowest BCUT2D eigenvalue weighted by molar-refractivity contribution is -0.142. The Morgan fingerprint density at radius 1 is 1.05 bits per heavy atom. The average Bonchev–Trinajstić information content (AvgIpc) is 3.36. The Morgan fingerprint density at radius 3 is 2.48 bits per heavy atom. The zero-order valence-corrected chi connectivity index (χ0v) is 24.1. The van der Waals surface area contributed by atoms with Gasteiger partial charge in [0, 0.05) is 41.2 Å². The largest absolute Gasteiger partial charge is 0.356 e. The van der Waals surface area contributed by atoms with Crippen LogP contribution < -0.4 is 16.0 Å². The van der Waals surface area contributed by atoms with Crippen LogP contribution in [0, 0.1) is 17.7 Å². The van der Waals surface area contributed by atoms with Gasteiger partial charge in [-0.15, -0.1) is 0 Å². The Kier molecular flexibility index (Phi) is 9.55. The summed E-state index contributed by atoms with van der Waals surface area (Å²) in [6.45, 7) is 5.74. The molecule has 4 rings (SSSR count). The number of nitrogens with one attached hydrogen (secondary N) is 4. The molecule has 9 nitrogen and oxygen atoms in total. The molecule has 10 heteroatoms. The van der Waals surface area contributed by atoms with Gasteiger partial charge in [0.05, 0.1) is 11.7 Å². The van der Waals surface area contributed by atoms with Gasteiger partial charge in [0.1, 0.15) is 5.82 Å². The number of aromatic amines is 1. The van der Waals surface area contributed by atoms with Crippen LogP contribution in [0.3, 0.4) is 0 Å². The lowest BCUT2D eigenvalue weighted by atomic mass is 9.88. The second kappa shape index (κ2) is 13.1. The van der Waals surface area contributed by atoms with E-state index >= 15 is 0 Å². The van der Waals surface area contributed by atoms with Crippen LogP contribution in [0.15, 0.2) is 54.6 Å². The molecule has 0 aliphatic carbocycles. The summed E-state index contributed by atoms with van der Waals surface area (Å²) in [4.78, 5) is 68.7. The first-order valence-corrected chi connectivity index (χ1v) is 14.2. The number of benzene rings is 2. The average molecular weight is 577 g/mol. The fraction of sp³-hybridized carbons (Fsp3) is 0.406. The molecule has 4 N–H and O–H groups in total. The van der Waals surface area contributed by atoms with E-state index in [-0.39, 0.29) is 36.6 Å². The van der Waals surface area contributed by atoms with E-state index in [4.69, 9.17) is 0 Å². The van der Waals surface area contributed by atoms with E-state index in [9.17, 15) is 28.4 Å². The first-order chi connectivity index (χ1) is 19.9. The summed E-state index contributed by atoms with van der Waals surface area (Å²) in [6.07, 6.45) is 1.22. The zero-order valence-electron chi connectivity index (χ0n) is 24.1. The molecule has 1 fully saturated rings. The smallest absolute Gasteiger partial charge is 0.290 e. The second-order valence-corrected chi connectivity index (χ2v) is 11.9. The number of carbonyl (C=O) groups is 5. The molecule has 2 aromatic carbocycles. The summed E-state index contributed by atoms with van der Waals surface area (Å²) in [5.41, 5.74) is 0.819. The summed E-state index contributed by atoms with van der Waals surface area (Å²) < 4.78 is 13.7. The van der Waals surface area contributed by atoms with Crippen molar-refractivity contribution >= 4 is 40.2 Å². The van der Waals surface area contributed by atoms with Crippen molar-refractivity contribution in [2.45, 2.75) is 64.5 Å². The molecule has 3 amide bonds. The fourth-order valence-corrected chi connectivity index (χ4v) is 5.17. The van der Waals surface area contributed by atoms with Crippen LogP contribution in [0.25, 0.3) is 10.9 Å². The van der Waals surface area contributed by atoms with Gasteiger partial charge in [-0.3, -0.25) is 24.0 Å². The Morgan fingerprint density at radius 2 is 1.79 bits per heavy atom. The van der Waals surface area contributed by atoms with Crippen molar-refractivity contribution < 1.29 is 28.4 Å². The highest BCUT2D eigenvalue weighted by molar-refractivity contribution is 6.38. The third-order valence-corrected chi connectivity index (χ3v) is 7.28. The van der Waals surface area contributed by atoms with Crippen molar-refractivity contribution in [3.63, 3.8) is 0 Å². The normalized spacial score (nSPS) is 16.8. The van der Waals surface area contributed by atoms with Gasteiger partial charge in [0.15, 0.2) is 5.78 Å². The highest BCUT2D eigenvalue weighted by Gasteiger charge is 2.36. The molecular formula is C32H37FN4O5. The van der Waals surface area contributed by atoms with Crippen molar-refractivity contribution in [1.82, 2.24) is 20.9 Å². The van der Waals surface area contributed by atoms with Crippen LogP contribution in [-0.2, 0) is 25.6 Å². The third kappa shape index (κ3) is 8.11. The molecule has 1 aromatic heterocycles. The fourth-order valence-electron chi connectivity index (χ4n) is 5.17. The maximum absolute atomic E-state index is 13.8. The molecule has 3 aromatic rings. The number of Topliss-reactive ketones (excluding diaryl/α,β-unsaturated/α-hetero) is 2. The number of hydrogen-bond acceptors (Lipinski definition) is 5. The molecule has 1 saturated heterocycles. The van der Waals surface area contributed by atoms with Crippen LogP contribution in [0.5, 0.6) is 0 Å². The molecule has 1 aliphatic heterocycles. The van der Waals surface area contributed by atoms with Crippen LogP contribution in [0.4, 0.5) is 4.39 Å². The highest BCUT2D eigenvalue weighted by atomic mass is 19.1. The summed E-state index contributed by atoms with van der Waals surface area (Å²) >= 11 is 0. The molecule has 0 bridgehead atoms. The maximum Gasteiger partial charge on any atom is 0.290 e. The van der Waals surface area contributed by atoms with E-state index in [1.165, 1.54) is 12.1 Å². The lowest BCUT2D eigenvalue weighted by Gasteiger charge is -2.28. The number of rotatable bonds is 11. The summed E-state index contributed by atoms with van der Waals surface area (Å²) in [5, 5.41) is 8.79. The molecule has 0 unspecified atom stereocenters. The van der Waals surface area contributed by atoms with Crippen LogP contribution >= 0.6 is 0 Å². The van der Waals surface area contributed by atoms with Gasteiger partial charge in [-0.2, -0.15) is 0 Å². The number of ketones is 2. The summed E-state index contributed by atoms with van der Waals surface area (Å²) in [7, 11) is 0. The van der Waals surface area contributed by atoms with Crippen molar-refractivity contribution in [3.8, 4) is 0 Å². The number of fused-ring (bicyclic) bond motifs is 1. The van der Waals surface area contributed by atoms with Crippen LogP contribution in [0.1, 0.15) is 62.5 Å². The van der Waals surface area contributed by atoms with E-state index in [0.29, 0.717) is 23.9 Å². The van der Waals surface area contributed by atoms with Gasteiger partial charge in [-0.05, 0) is 76.3 Å². The number of carbonyl (C=O) groups excluding carboxylic acids is 5. The summed E-state index contributed by atoms with van der Waals surface area (Å²) in [5.74, 6) is -4.74. The quantitative estimate of drug-likeness (QED) is 0.204. The zero-order chi connectivity index (χ0) is 30.4. The number of halogens is 1. The Bertz CT molecular complexity index is 1480. The minimum Gasteiger partial charge on any atom is -0.356 e. The van der Waals surface area contributed by atoms with Crippen LogP contribution in [0.2, 0.25) is 0 Å². The van der Waals surface area contributed by atoms with E-state index < -0.39 is 46.8 Å². The number of H-pyrrole nitrogens is 1. The number of piperidine rings is 1.